The molecule has 1 aromatic heterocycles. The number of benzene rings is 1. The smallest absolute Gasteiger partial charge is 0.234 e. The van der Waals surface area contributed by atoms with Crippen LogP contribution in [-0.2, 0) is 4.79 Å². The van der Waals surface area contributed by atoms with Crippen molar-refractivity contribution in [3.8, 4) is 0 Å². The van der Waals surface area contributed by atoms with Crippen LogP contribution in [-0.4, -0.2) is 26.8 Å². The van der Waals surface area contributed by atoms with Gasteiger partial charge in [-0.15, -0.1) is 5.10 Å². The molecule has 0 aliphatic rings. The summed E-state index contributed by atoms with van der Waals surface area (Å²) in [5.74, 6) is 0.870. The second-order valence-electron chi connectivity index (χ2n) is 4.00. The van der Waals surface area contributed by atoms with Crippen molar-refractivity contribution < 1.29 is 4.79 Å². The van der Waals surface area contributed by atoms with Crippen LogP contribution in [0.4, 0.5) is 5.69 Å². The van der Waals surface area contributed by atoms with Crippen molar-refractivity contribution in [2.45, 2.75) is 19.0 Å². The number of aromatic nitrogens is 3. The summed E-state index contributed by atoms with van der Waals surface area (Å²) in [6.07, 6.45) is 0. The van der Waals surface area contributed by atoms with Gasteiger partial charge in [0.1, 0.15) is 5.82 Å². The van der Waals surface area contributed by atoms with Crippen molar-refractivity contribution >= 4 is 35.0 Å². The SMILES string of the molecule is Cc1nc(SCC(=O)Nc2cc(Cl)ccc2C)n[nH]1. The molecular weight excluding hydrogens is 284 g/mol. The molecule has 2 rings (SSSR count). The van der Waals surface area contributed by atoms with E-state index in [1.807, 2.05) is 19.9 Å². The van der Waals surface area contributed by atoms with E-state index in [2.05, 4.69) is 20.5 Å². The van der Waals surface area contributed by atoms with Gasteiger partial charge in [0.2, 0.25) is 11.1 Å². The van der Waals surface area contributed by atoms with E-state index in [1.54, 1.807) is 12.1 Å². The minimum Gasteiger partial charge on any atom is -0.325 e. The third kappa shape index (κ3) is 3.97. The van der Waals surface area contributed by atoms with Crippen LogP contribution in [0.25, 0.3) is 0 Å². The van der Waals surface area contributed by atoms with Crippen molar-refractivity contribution in [3.63, 3.8) is 0 Å². The predicted molar refractivity (Wildman–Crippen MR) is 76.7 cm³/mol. The van der Waals surface area contributed by atoms with Crippen LogP contribution in [0.2, 0.25) is 5.02 Å². The molecule has 0 aliphatic carbocycles. The molecule has 7 heteroatoms. The first-order valence-electron chi connectivity index (χ1n) is 5.62. The highest BCUT2D eigenvalue weighted by molar-refractivity contribution is 7.99. The monoisotopic (exact) mass is 296 g/mol. The number of amides is 1. The summed E-state index contributed by atoms with van der Waals surface area (Å²) in [5.41, 5.74) is 1.70. The molecule has 0 atom stereocenters. The molecule has 0 spiro atoms. The van der Waals surface area contributed by atoms with E-state index in [9.17, 15) is 4.79 Å². The topological polar surface area (TPSA) is 70.7 Å². The number of hydrogen-bond acceptors (Lipinski definition) is 4. The van der Waals surface area contributed by atoms with Crippen LogP contribution in [0.1, 0.15) is 11.4 Å². The molecular formula is C12H13ClN4OS. The highest BCUT2D eigenvalue weighted by Gasteiger charge is 2.08. The first-order chi connectivity index (χ1) is 9.04. The number of H-pyrrole nitrogens is 1. The summed E-state index contributed by atoms with van der Waals surface area (Å²) in [7, 11) is 0. The van der Waals surface area contributed by atoms with Crippen molar-refractivity contribution in [2.24, 2.45) is 0 Å². The summed E-state index contributed by atoms with van der Waals surface area (Å²) in [6.45, 7) is 3.73. The lowest BCUT2D eigenvalue weighted by atomic mass is 10.2. The molecule has 1 amide bonds. The zero-order valence-corrected chi connectivity index (χ0v) is 12.1. The molecule has 0 unspecified atom stereocenters. The van der Waals surface area contributed by atoms with E-state index in [0.717, 1.165) is 17.1 Å². The van der Waals surface area contributed by atoms with Gasteiger partial charge >= 0.3 is 0 Å². The normalized spacial score (nSPS) is 10.5. The third-order valence-electron chi connectivity index (χ3n) is 2.38. The van der Waals surface area contributed by atoms with Gasteiger partial charge in [-0.3, -0.25) is 9.89 Å². The lowest BCUT2D eigenvalue weighted by Crippen LogP contribution is -2.14. The van der Waals surface area contributed by atoms with E-state index >= 15 is 0 Å². The Morgan fingerprint density at radius 1 is 1.47 bits per heavy atom. The number of nitrogens with zero attached hydrogens (tertiary/aromatic N) is 2. The first kappa shape index (κ1) is 13.9. The zero-order valence-electron chi connectivity index (χ0n) is 10.5. The van der Waals surface area contributed by atoms with Gasteiger partial charge in [0.25, 0.3) is 0 Å². The molecule has 0 saturated heterocycles. The first-order valence-corrected chi connectivity index (χ1v) is 6.99. The number of carbonyl (C=O) groups excluding carboxylic acids is 1. The Hall–Kier alpha value is -1.53. The van der Waals surface area contributed by atoms with Gasteiger partial charge in [-0.25, -0.2) is 4.98 Å². The lowest BCUT2D eigenvalue weighted by molar-refractivity contribution is -0.113. The molecule has 0 radical (unpaired) electrons. The van der Waals surface area contributed by atoms with Gasteiger partial charge in [0, 0.05) is 10.7 Å². The largest absolute Gasteiger partial charge is 0.325 e. The number of nitrogens with one attached hydrogen (secondary N) is 2. The van der Waals surface area contributed by atoms with E-state index in [1.165, 1.54) is 11.8 Å². The van der Waals surface area contributed by atoms with Gasteiger partial charge < -0.3 is 5.32 Å². The van der Waals surface area contributed by atoms with Gasteiger partial charge in [-0.1, -0.05) is 29.4 Å². The number of halogens is 1. The third-order valence-corrected chi connectivity index (χ3v) is 3.47. The molecule has 1 aromatic carbocycles. The maximum Gasteiger partial charge on any atom is 0.234 e. The van der Waals surface area contributed by atoms with Gasteiger partial charge in [-0.2, -0.15) is 0 Å². The van der Waals surface area contributed by atoms with Crippen molar-refractivity contribution in [2.75, 3.05) is 11.1 Å². The molecule has 2 N–H and O–H groups in total. The second kappa shape index (κ2) is 6.08. The molecule has 19 heavy (non-hydrogen) atoms. The van der Waals surface area contributed by atoms with Crippen LogP contribution in [0.5, 0.6) is 0 Å². The average molecular weight is 297 g/mol. The van der Waals surface area contributed by atoms with Gasteiger partial charge in [0.05, 0.1) is 5.75 Å². The molecule has 1 heterocycles. The Morgan fingerprint density at radius 3 is 2.95 bits per heavy atom. The fraction of sp³-hybridized carbons (Fsp3) is 0.250. The maximum absolute atomic E-state index is 11.8. The Balaban J connectivity index is 1.92. The van der Waals surface area contributed by atoms with Gasteiger partial charge in [-0.05, 0) is 31.5 Å². The molecule has 0 saturated carbocycles. The van der Waals surface area contributed by atoms with Crippen LogP contribution < -0.4 is 5.32 Å². The van der Waals surface area contributed by atoms with Crippen molar-refractivity contribution in [1.82, 2.24) is 15.2 Å². The molecule has 0 bridgehead atoms. The fourth-order valence-electron chi connectivity index (χ4n) is 1.43. The Kier molecular flexibility index (Phi) is 4.44. The molecule has 2 aromatic rings. The molecule has 5 nitrogen and oxygen atoms in total. The van der Waals surface area contributed by atoms with E-state index in [0.29, 0.717) is 10.2 Å². The second-order valence-corrected chi connectivity index (χ2v) is 5.38. The maximum atomic E-state index is 11.8. The Bertz CT molecular complexity index is 599. The van der Waals surface area contributed by atoms with Crippen molar-refractivity contribution in [3.05, 3.63) is 34.6 Å². The predicted octanol–water partition coefficient (Wildman–Crippen LogP) is 2.81. The van der Waals surface area contributed by atoms with Crippen LogP contribution >= 0.6 is 23.4 Å². The number of aromatic amines is 1. The van der Waals surface area contributed by atoms with E-state index < -0.39 is 0 Å². The molecule has 100 valence electrons. The fourth-order valence-corrected chi connectivity index (χ4v) is 2.25. The Morgan fingerprint density at radius 2 is 2.26 bits per heavy atom. The standard InChI is InChI=1S/C12H13ClN4OS/c1-7-3-4-9(13)5-10(7)15-11(18)6-19-12-14-8(2)16-17-12/h3-5H,6H2,1-2H3,(H,15,18)(H,14,16,17). The summed E-state index contributed by atoms with van der Waals surface area (Å²) in [5, 5.41) is 10.7. The number of anilines is 1. The van der Waals surface area contributed by atoms with Gasteiger partial charge in [0.15, 0.2) is 0 Å². The minimum atomic E-state index is -0.113. The van der Waals surface area contributed by atoms with E-state index in [4.69, 9.17) is 11.6 Å². The lowest BCUT2D eigenvalue weighted by Gasteiger charge is -2.07. The highest BCUT2D eigenvalue weighted by Crippen LogP contribution is 2.21. The summed E-state index contributed by atoms with van der Waals surface area (Å²) in [4.78, 5) is 15.9. The molecule has 0 fully saturated rings. The number of carbonyl (C=O) groups is 1. The van der Waals surface area contributed by atoms with E-state index in [-0.39, 0.29) is 11.7 Å². The number of aryl methyl sites for hydroxylation is 2. The Labute approximate surface area is 120 Å². The zero-order chi connectivity index (χ0) is 13.8. The highest BCUT2D eigenvalue weighted by atomic mass is 35.5. The van der Waals surface area contributed by atoms with Crippen molar-refractivity contribution in [1.29, 1.82) is 0 Å². The number of thioether (sulfide) groups is 1. The number of rotatable bonds is 4. The molecule has 0 aliphatic heterocycles. The van der Waals surface area contributed by atoms with Crippen LogP contribution in [0.3, 0.4) is 0 Å². The van der Waals surface area contributed by atoms with Crippen LogP contribution in [0.15, 0.2) is 23.4 Å². The average Bonchev–Trinajstić information content (AvgIpc) is 2.77. The minimum absolute atomic E-state index is 0.113. The number of hydrogen-bond donors (Lipinski definition) is 2. The summed E-state index contributed by atoms with van der Waals surface area (Å²) < 4.78 is 0. The quantitative estimate of drug-likeness (QED) is 0.851. The van der Waals surface area contributed by atoms with Crippen LogP contribution in [0, 0.1) is 13.8 Å². The summed E-state index contributed by atoms with van der Waals surface area (Å²) in [6, 6.07) is 5.39. The summed E-state index contributed by atoms with van der Waals surface area (Å²) >= 11 is 7.18.